The second-order valence-corrected chi connectivity index (χ2v) is 6.43. The number of anilines is 1. The van der Waals surface area contributed by atoms with Crippen molar-refractivity contribution >= 4 is 11.6 Å². The van der Waals surface area contributed by atoms with Crippen LogP contribution < -0.4 is 10.2 Å². The topological polar surface area (TPSA) is 33.5 Å². The van der Waals surface area contributed by atoms with Gasteiger partial charge in [0.1, 0.15) is 5.82 Å². The van der Waals surface area contributed by atoms with Gasteiger partial charge in [0.2, 0.25) is 0 Å². The Morgan fingerprint density at radius 1 is 1.14 bits per heavy atom. The number of carbonyl (C=O) groups is 1. The van der Waals surface area contributed by atoms with E-state index in [0.717, 1.165) is 12.5 Å². The van der Waals surface area contributed by atoms with Crippen LogP contribution in [0.2, 0.25) is 0 Å². The maximum Gasteiger partial charge on any atom is 0.279 e. The fraction of sp³-hybridized carbons (Fsp3) is 0.588. The van der Waals surface area contributed by atoms with E-state index >= 15 is 0 Å². The van der Waals surface area contributed by atoms with E-state index in [1.807, 2.05) is 0 Å². The van der Waals surface area contributed by atoms with Gasteiger partial charge in [-0.2, -0.15) is 0 Å². The molecular weight excluding hydrogens is 267 g/mol. The lowest BCUT2D eigenvalue weighted by Crippen LogP contribution is -3.18. The average Bonchev–Trinajstić information content (AvgIpc) is 2.50. The largest absolute Gasteiger partial charge is 0.324 e. The number of piperidine rings is 1. The van der Waals surface area contributed by atoms with Gasteiger partial charge in [-0.05, 0) is 56.4 Å². The summed E-state index contributed by atoms with van der Waals surface area (Å²) in [4.78, 5) is 13.7. The predicted molar refractivity (Wildman–Crippen MR) is 80.7 cm³/mol. The van der Waals surface area contributed by atoms with Crippen molar-refractivity contribution in [2.75, 3.05) is 18.4 Å². The zero-order valence-corrected chi connectivity index (χ0v) is 12.4. The Hall–Kier alpha value is -1.42. The van der Waals surface area contributed by atoms with Crippen molar-refractivity contribution in [3.8, 4) is 0 Å². The first-order chi connectivity index (χ1) is 10.2. The summed E-state index contributed by atoms with van der Waals surface area (Å²) >= 11 is 0. The number of rotatable bonds is 3. The smallest absolute Gasteiger partial charge is 0.279 e. The van der Waals surface area contributed by atoms with Gasteiger partial charge in [-0.15, -0.1) is 0 Å². The first kappa shape index (κ1) is 14.5. The van der Waals surface area contributed by atoms with Crippen LogP contribution in [0.1, 0.15) is 38.5 Å². The summed E-state index contributed by atoms with van der Waals surface area (Å²) in [6.45, 7) is 1.65. The molecule has 1 aromatic carbocycles. The van der Waals surface area contributed by atoms with Gasteiger partial charge in [0.15, 0.2) is 6.54 Å². The molecule has 3 rings (SSSR count). The molecule has 2 N–H and O–H groups in total. The van der Waals surface area contributed by atoms with Crippen molar-refractivity contribution in [1.29, 1.82) is 0 Å². The van der Waals surface area contributed by atoms with Gasteiger partial charge in [-0.25, -0.2) is 4.39 Å². The standard InChI is InChI=1S/C17H23FN2O/c18-14-7-9-15(10-8-14)19-17(21)12-20-11-3-5-13-4-1-2-6-16(13)20/h7-10,13,16H,1-6,11-12H2,(H,19,21)/p+1/t13-,16+/m1/s1. The highest BCUT2D eigenvalue weighted by atomic mass is 19.1. The highest BCUT2D eigenvalue weighted by molar-refractivity contribution is 5.91. The van der Waals surface area contributed by atoms with Crippen LogP contribution in [0.15, 0.2) is 24.3 Å². The van der Waals surface area contributed by atoms with Crippen LogP contribution in [0, 0.1) is 11.7 Å². The summed E-state index contributed by atoms with van der Waals surface area (Å²) in [6, 6.07) is 6.65. The van der Waals surface area contributed by atoms with Crippen LogP contribution in [0.4, 0.5) is 10.1 Å². The van der Waals surface area contributed by atoms with Crippen LogP contribution in [-0.2, 0) is 4.79 Å². The second-order valence-electron chi connectivity index (χ2n) is 6.43. The molecule has 1 aliphatic carbocycles. The van der Waals surface area contributed by atoms with Crippen molar-refractivity contribution in [3.05, 3.63) is 30.1 Å². The molecule has 21 heavy (non-hydrogen) atoms. The van der Waals surface area contributed by atoms with E-state index in [4.69, 9.17) is 0 Å². The fourth-order valence-electron chi connectivity index (χ4n) is 4.03. The van der Waals surface area contributed by atoms with Gasteiger partial charge in [0.05, 0.1) is 12.6 Å². The van der Waals surface area contributed by atoms with Gasteiger partial charge in [-0.3, -0.25) is 4.79 Å². The minimum absolute atomic E-state index is 0.0443. The minimum Gasteiger partial charge on any atom is -0.324 e. The van der Waals surface area contributed by atoms with Crippen LogP contribution in [0.25, 0.3) is 0 Å². The number of carbonyl (C=O) groups excluding carboxylic acids is 1. The van der Waals surface area contributed by atoms with Crippen molar-refractivity contribution in [2.24, 2.45) is 5.92 Å². The Kier molecular flexibility index (Phi) is 4.54. The Bertz CT molecular complexity index is 486. The van der Waals surface area contributed by atoms with Gasteiger partial charge in [0.25, 0.3) is 5.91 Å². The molecule has 1 aromatic rings. The maximum absolute atomic E-state index is 12.9. The third kappa shape index (κ3) is 3.62. The monoisotopic (exact) mass is 291 g/mol. The molecule has 1 aliphatic heterocycles. The van der Waals surface area contributed by atoms with Crippen molar-refractivity contribution in [2.45, 2.75) is 44.6 Å². The van der Waals surface area contributed by atoms with Gasteiger partial charge in [0, 0.05) is 11.6 Å². The molecule has 0 radical (unpaired) electrons. The number of amides is 1. The number of hydrogen-bond donors (Lipinski definition) is 2. The number of hydrogen-bond acceptors (Lipinski definition) is 1. The zero-order valence-electron chi connectivity index (χ0n) is 12.4. The van der Waals surface area contributed by atoms with Gasteiger partial charge < -0.3 is 10.2 Å². The van der Waals surface area contributed by atoms with E-state index in [2.05, 4.69) is 5.32 Å². The Morgan fingerprint density at radius 2 is 1.86 bits per heavy atom. The Labute approximate surface area is 125 Å². The lowest BCUT2D eigenvalue weighted by atomic mass is 9.78. The summed E-state index contributed by atoms with van der Waals surface area (Å²) in [6.07, 6.45) is 7.85. The van der Waals surface area contributed by atoms with Crippen molar-refractivity contribution < 1.29 is 14.1 Å². The first-order valence-corrected chi connectivity index (χ1v) is 8.12. The first-order valence-electron chi connectivity index (χ1n) is 8.12. The molecule has 114 valence electrons. The summed E-state index contributed by atoms with van der Waals surface area (Å²) in [5, 5.41) is 2.89. The molecule has 2 aliphatic rings. The summed E-state index contributed by atoms with van der Waals surface area (Å²) in [5.74, 6) is 0.587. The lowest BCUT2D eigenvalue weighted by molar-refractivity contribution is -0.928. The molecule has 1 unspecified atom stereocenters. The number of quaternary nitrogens is 1. The molecular formula is C17H24FN2O+. The highest BCUT2D eigenvalue weighted by Gasteiger charge is 2.37. The van der Waals surface area contributed by atoms with E-state index in [1.54, 1.807) is 12.1 Å². The van der Waals surface area contributed by atoms with Crippen LogP contribution >= 0.6 is 0 Å². The number of likely N-dealkylation sites (tertiary alicyclic amines) is 1. The Morgan fingerprint density at radius 3 is 2.67 bits per heavy atom. The maximum atomic E-state index is 12.9. The second kappa shape index (κ2) is 6.56. The molecule has 0 spiro atoms. The van der Waals surface area contributed by atoms with Gasteiger partial charge in [-0.1, -0.05) is 6.42 Å². The summed E-state index contributed by atoms with van der Waals surface area (Å²) in [7, 11) is 0. The lowest BCUT2D eigenvalue weighted by Gasteiger charge is -2.40. The third-order valence-electron chi connectivity index (χ3n) is 5.02. The zero-order chi connectivity index (χ0) is 14.7. The van der Waals surface area contributed by atoms with E-state index in [0.29, 0.717) is 18.3 Å². The summed E-state index contributed by atoms with van der Waals surface area (Å²) in [5.41, 5.74) is 0.679. The van der Waals surface area contributed by atoms with E-state index in [-0.39, 0.29) is 11.7 Å². The molecule has 4 heteroatoms. The normalized spacial score (nSPS) is 28.7. The molecule has 0 aromatic heterocycles. The molecule has 0 bridgehead atoms. The molecule has 3 atom stereocenters. The minimum atomic E-state index is -0.278. The average molecular weight is 291 g/mol. The molecule has 1 saturated carbocycles. The number of nitrogens with one attached hydrogen (secondary N) is 2. The summed E-state index contributed by atoms with van der Waals surface area (Å²) < 4.78 is 12.9. The fourth-order valence-corrected chi connectivity index (χ4v) is 4.03. The van der Waals surface area contributed by atoms with E-state index in [1.165, 1.54) is 55.6 Å². The van der Waals surface area contributed by atoms with Crippen molar-refractivity contribution in [3.63, 3.8) is 0 Å². The van der Waals surface area contributed by atoms with E-state index < -0.39 is 0 Å². The van der Waals surface area contributed by atoms with Crippen LogP contribution in [0.3, 0.4) is 0 Å². The number of halogens is 1. The molecule has 1 saturated heterocycles. The van der Waals surface area contributed by atoms with Crippen LogP contribution in [0.5, 0.6) is 0 Å². The highest BCUT2D eigenvalue weighted by Crippen LogP contribution is 2.28. The molecule has 1 heterocycles. The van der Waals surface area contributed by atoms with Crippen LogP contribution in [-0.4, -0.2) is 25.0 Å². The predicted octanol–water partition coefficient (Wildman–Crippen LogP) is 2.00. The van der Waals surface area contributed by atoms with Crippen molar-refractivity contribution in [1.82, 2.24) is 0 Å². The third-order valence-corrected chi connectivity index (χ3v) is 5.02. The van der Waals surface area contributed by atoms with E-state index in [9.17, 15) is 9.18 Å². The number of benzene rings is 1. The Balaban J connectivity index is 1.57. The van der Waals surface area contributed by atoms with Gasteiger partial charge >= 0.3 is 0 Å². The quantitative estimate of drug-likeness (QED) is 0.877. The SMILES string of the molecule is O=C(C[NH+]1CCC[C@H]2CCCC[C@@H]21)Nc1ccc(F)cc1. The molecule has 2 fully saturated rings. The number of fused-ring (bicyclic) bond motifs is 1. The molecule has 3 nitrogen and oxygen atoms in total. The molecule has 1 amide bonds.